The summed E-state index contributed by atoms with van der Waals surface area (Å²) in [4.78, 5) is 8.72. The van der Waals surface area contributed by atoms with E-state index in [9.17, 15) is 0 Å². The zero-order valence-corrected chi connectivity index (χ0v) is 8.92. The molecule has 0 saturated carbocycles. The van der Waals surface area contributed by atoms with Gasteiger partial charge in [0.1, 0.15) is 0 Å². The Labute approximate surface area is 76.3 Å². The molecule has 0 fully saturated rings. The third-order valence-corrected chi connectivity index (χ3v) is 2.59. The van der Waals surface area contributed by atoms with Gasteiger partial charge in [-0.3, -0.25) is 0 Å². The molecule has 8 heavy (non-hydrogen) atoms. The normalized spacial score (nSPS) is 16.4. The Morgan fingerprint density at radius 3 is 2.12 bits per heavy atom. The third-order valence-electron chi connectivity index (χ3n) is 0.530. The van der Waals surface area contributed by atoms with Crippen LogP contribution in [0.25, 0.3) is 0 Å². The molecule has 6 heteroatoms. The molecule has 0 aliphatic heterocycles. The monoisotopic (exact) mass is 164 g/mol. The van der Waals surface area contributed by atoms with Gasteiger partial charge in [0.05, 0.1) is 0 Å². The van der Waals surface area contributed by atoms with Crippen molar-refractivity contribution >= 4 is 48.0 Å². The minimum atomic E-state index is -2.57. The first kappa shape index (κ1) is 12.2. The van der Waals surface area contributed by atoms with Gasteiger partial charge in [0.25, 0.3) is 6.64 Å². The second kappa shape index (κ2) is 5.33. The van der Waals surface area contributed by atoms with Crippen molar-refractivity contribution in [2.45, 2.75) is 0 Å². The van der Waals surface area contributed by atoms with Crippen molar-refractivity contribution < 1.29 is 9.42 Å². The molecule has 0 aliphatic carbocycles. The quantitative estimate of drug-likeness (QED) is 0.434. The maximum atomic E-state index is 8.72. The molecule has 0 aromatic carbocycles. The molecule has 0 aromatic rings. The van der Waals surface area contributed by atoms with E-state index in [1.54, 1.807) is 7.05 Å². The summed E-state index contributed by atoms with van der Waals surface area (Å²) in [5.41, 5.74) is 0. The van der Waals surface area contributed by atoms with E-state index in [0.717, 1.165) is 0 Å². The van der Waals surface area contributed by atoms with Crippen LogP contribution in [0.4, 0.5) is 0 Å². The molecule has 1 radical (unpaired) electrons. The van der Waals surface area contributed by atoms with Gasteiger partial charge in [0.2, 0.25) is 0 Å². The van der Waals surface area contributed by atoms with Gasteiger partial charge >= 0.3 is 0 Å². The first-order chi connectivity index (χ1) is 3.12. The molecule has 0 spiro atoms. The van der Waals surface area contributed by atoms with Crippen LogP contribution in [-0.2, 0) is 16.3 Å². The minimum absolute atomic E-state index is 0. The van der Waals surface area contributed by atoms with E-state index in [1.165, 1.54) is 7.11 Å². The molecular formula is C2H8NNaO2PS. The van der Waals surface area contributed by atoms with Crippen molar-refractivity contribution in [2.75, 3.05) is 14.2 Å². The molecule has 45 valence electrons. The van der Waals surface area contributed by atoms with Gasteiger partial charge in [-0.1, -0.05) is 0 Å². The standard InChI is InChI=1S/C2H8NO2PS.Na/c1-3-6(4,7)5-2;/h1-2H3,(H2,3,4,7);. The Bertz CT molecular complexity index is 92.0. The molecule has 0 saturated heterocycles. The summed E-state index contributed by atoms with van der Waals surface area (Å²) >= 11 is 4.48. The topological polar surface area (TPSA) is 41.5 Å². The summed E-state index contributed by atoms with van der Waals surface area (Å²) < 4.78 is 4.46. The van der Waals surface area contributed by atoms with Gasteiger partial charge in [-0.05, 0) is 18.9 Å². The SMILES string of the molecule is CNP(O)(=S)OC.[Na]. The maximum Gasteiger partial charge on any atom is 0.258 e. The summed E-state index contributed by atoms with van der Waals surface area (Å²) in [7, 11) is 2.93. The molecular weight excluding hydrogens is 156 g/mol. The first-order valence-electron chi connectivity index (χ1n) is 1.70. The van der Waals surface area contributed by atoms with Crippen LogP contribution < -0.4 is 5.09 Å². The van der Waals surface area contributed by atoms with Crippen molar-refractivity contribution in [1.29, 1.82) is 0 Å². The van der Waals surface area contributed by atoms with Crippen LogP contribution in [0.15, 0.2) is 0 Å². The molecule has 3 nitrogen and oxygen atoms in total. The number of hydrogen-bond donors (Lipinski definition) is 2. The Balaban J connectivity index is 0. The molecule has 1 atom stereocenters. The molecule has 2 N–H and O–H groups in total. The van der Waals surface area contributed by atoms with Crippen LogP contribution in [0.2, 0.25) is 0 Å². The van der Waals surface area contributed by atoms with Gasteiger partial charge in [-0.15, -0.1) is 0 Å². The van der Waals surface area contributed by atoms with Crippen molar-refractivity contribution in [3.05, 3.63) is 0 Å². The van der Waals surface area contributed by atoms with Gasteiger partial charge in [0.15, 0.2) is 0 Å². The summed E-state index contributed by atoms with van der Waals surface area (Å²) in [6.45, 7) is -2.57. The molecule has 0 aliphatic rings. The summed E-state index contributed by atoms with van der Waals surface area (Å²) in [5, 5.41) is 2.45. The molecule has 1 unspecified atom stereocenters. The summed E-state index contributed by atoms with van der Waals surface area (Å²) in [6, 6.07) is 0. The van der Waals surface area contributed by atoms with Crippen molar-refractivity contribution in [1.82, 2.24) is 5.09 Å². The average Bonchev–Trinajstić information content (AvgIpc) is 1.68. The Hall–Kier alpha value is 1.53. The largest absolute Gasteiger partial charge is 0.334 e. The predicted molar refractivity (Wildman–Crippen MR) is 38.3 cm³/mol. The van der Waals surface area contributed by atoms with E-state index in [4.69, 9.17) is 4.89 Å². The number of rotatable bonds is 2. The maximum absolute atomic E-state index is 8.72. The van der Waals surface area contributed by atoms with E-state index in [1.807, 2.05) is 0 Å². The minimum Gasteiger partial charge on any atom is -0.334 e. The smallest absolute Gasteiger partial charge is 0.258 e. The van der Waals surface area contributed by atoms with E-state index >= 15 is 0 Å². The number of hydrogen-bond acceptors (Lipinski definition) is 2. The third kappa shape index (κ3) is 5.66. The summed E-state index contributed by atoms with van der Waals surface area (Å²) in [6.07, 6.45) is 0. The Morgan fingerprint density at radius 2 is 2.12 bits per heavy atom. The van der Waals surface area contributed by atoms with Crippen LogP contribution >= 0.6 is 6.64 Å². The fraction of sp³-hybridized carbons (Fsp3) is 1.00. The predicted octanol–water partition coefficient (Wildman–Crippen LogP) is -0.312. The van der Waals surface area contributed by atoms with Crippen molar-refractivity contribution in [2.24, 2.45) is 0 Å². The molecule has 0 aromatic heterocycles. The molecule has 0 heterocycles. The zero-order chi connectivity index (χ0) is 5.91. The van der Waals surface area contributed by atoms with Gasteiger partial charge in [-0.2, -0.15) is 0 Å². The fourth-order valence-electron chi connectivity index (χ4n) is 0.0913. The number of nitrogens with one attached hydrogen (secondary N) is 1. The van der Waals surface area contributed by atoms with Crippen LogP contribution in [0.3, 0.4) is 0 Å². The first-order valence-corrected chi connectivity index (χ1v) is 4.37. The van der Waals surface area contributed by atoms with Crippen LogP contribution in [0.1, 0.15) is 0 Å². The Kier molecular flexibility index (Phi) is 8.14. The molecule has 0 bridgehead atoms. The van der Waals surface area contributed by atoms with Gasteiger partial charge in [-0.25, -0.2) is 5.09 Å². The Morgan fingerprint density at radius 1 is 1.75 bits per heavy atom. The van der Waals surface area contributed by atoms with E-state index in [0.29, 0.717) is 0 Å². The zero-order valence-electron chi connectivity index (χ0n) is 5.21. The molecule has 0 rings (SSSR count). The van der Waals surface area contributed by atoms with Gasteiger partial charge < -0.3 is 9.42 Å². The van der Waals surface area contributed by atoms with Crippen LogP contribution in [0.5, 0.6) is 0 Å². The van der Waals surface area contributed by atoms with E-state index in [-0.39, 0.29) is 29.6 Å². The fourth-order valence-corrected chi connectivity index (χ4v) is 0.274. The molecule has 0 amide bonds. The second-order valence-electron chi connectivity index (χ2n) is 0.927. The van der Waals surface area contributed by atoms with E-state index < -0.39 is 6.64 Å². The van der Waals surface area contributed by atoms with Crippen molar-refractivity contribution in [3.8, 4) is 0 Å². The van der Waals surface area contributed by atoms with Gasteiger partial charge in [0, 0.05) is 36.7 Å². The summed E-state index contributed by atoms with van der Waals surface area (Å²) in [5.74, 6) is 0. The van der Waals surface area contributed by atoms with Crippen LogP contribution in [0, 0.1) is 0 Å². The average molecular weight is 164 g/mol. The van der Waals surface area contributed by atoms with Crippen LogP contribution in [-0.4, -0.2) is 48.6 Å². The second-order valence-corrected chi connectivity index (χ2v) is 4.26. The van der Waals surface area contributed by atoms with E-state index in [2.05, 4.69) is 21.4 Å². The van der Waals surface area contributed by atoms with Crippen molar-refractivity contribution in [3.63, 3.8) is 0 Å².